The van der Waals surface area contributed by atoms with Gasteiger partial charge in [0, 0.05) is 11.8 Å². The van der Waals surface area contributed by atoms with Gasteiger partial charge in [0.1, 0.15) is 5.78 Å². The first-order valence-corrected chi connectivity index (χ1v) is 14.1. The average Bonchev–Trinajstić information content (AvgIpc) is 3.35. The lowest BCUT2D eigenvalue weighted by Crippen LogP contribution is -2.57. The van der Waals surface area contributed by atoms with Gasteiger partial charge in [-0.15, -0.1) is 0 Å². The van der Waals surface area contributed by atoms with Crippen LogP contribution in [-0.2, 0) is 9.53 Å². The zero-order valence-corrected chi connectivity index (χ0v) is 22.3. The number of hydrogen-bond acceptors (Lipinski definition) is 3. The van der Waals surface area contributed by atoms with Crippen LogP contribution in [0.4, 0.5) is 0 Å². The summed E-state index contributed by atoms with van der Waals surface area (Å²) in [6.45, 7) is 16.1. The molecule has 1 heterocycles. The molecule has 5 saturated carbocycles. The van der Waals surface area contributed by atoms with Gasteiger partial charge in [0.15, 0.2) is 0 Å². The SMILES string of the molecule is CC1CC[C@H](C(C)(C)O)OC2C[C@@]3(C)[C@@H]4CC[C@H]5C(C)(C)C(=O)CC[C@@]56C[C@@]46CC[C@]3(C)C12. The molecule has 6 rings (SSSR count). The summed E-state index contributed by atoms with van der Waals surface area (Å²) in [7, 11) is 0. The van der Waals surface area contributed by atoms with E-state index in [0.717, 1.165) is 25.2 Å². The van der Waals surface area contributed by atoms with Crippen molar-refractivity contribution in [2.24, 2.45) is 50.7 Å². The first kappa shape index (κ1) is 23.0. The molecule has 0 amide bonds. The first-order valence-electron chi connectivity index (χ1n) is 14.1. The molecule has 2 spiro atoms. The van der Waals surface area contributed by atoms with Crippen LogP contribution in [0, 0.1) is 50.7 Å². The van der Waals surface area contributed by atoms with Crippen molar-refractivity contribution in [3.05, 3.63) is 0 Å². The number of hydrogen-bond donors (Lipinski definition) is 1. The summed E-state index contributed by atoms with van der Waals surface area (Å²) >= 11 is 0. The molecular weight excluding hydrogens is 408 g/mol. The van der Waals surface area contributed by atoms with Gasteiger partial charge in [-0.3, -0.25) is 4.79 Å². The monoisotopic (exact) mass is 456 g/mol. The van der Waals surface area contributed by atoms with Crippen LogP contribution in [0.2, 0.25) is 0 Å². The Hall–Kier alpha value is -0.410. The van der Waals surface area contributed by atoms with Crippen molar-refractivity contribution >= 4 is 5.78 Å². The fourth-order valence-electron chi connectivity index (χ4n) is 11.8. The molecular formula is C30H48O3. The Morgan fingerprint density at radius 3 is 2.27 bits per heavy atom. The Bertz CT molecular complexity index is 870. The predicted molar refractivity (Wildman–Crippen MR) is 131 cm³/mol. The molecule has 0 radical (unpaired) electrons. The molecule has 0 aromatic heterocycles. The summed E-state index contributed by atoms with van der Waals surface area (Å²) in [6.07, 6.45) is 12.1. The molecule has 1 saturated heterocycles. The zero-order valence-electron chi connectivity index (χ0n) is 22.3. The van der Waals surface area contributed by atoms with Gasteiger partial charge in [-0.1, -0.05) is 34.6 Å². The molecule has 3 heteroatoms. The minimum Gasteiger partial charge on any atom is -0.388 e. The molecule has 5 aliphatic carbocycles. The molecule has 3 nitrogen and oxygen atoms in total. The van der Waals surface area contributed by atoms with Crippen LogP contribution in [0.25, 0.3) is 0 Å². The van der Waals surface area contributed by atoms with Gasteiger partial charge in [0.05, 0.1) is 17.8 Å². The predicted octanol–water partition coefficient (Wildman–Crippen LogP) is 6.56. The van der Waals surface area contributed by atoms with Crippen LogP contribution < -0.4 is 0 Å². The number of carbonyl (C=O) groups excluding carboxylic acids is 1. The van der Waals surface area contributed by atoms with Crippen LogP contribution in [0.3, 0.4) is 0 Å². The normalized spacial score (nSPS) is 57.2. The Morgan fingerprint density at radius 1 is 0.909 bits per heavy atom. The Balaban J connectivity index is 1.37. The van der Waals surface area contributed by atoms with E-state index in [0.29, 0.717) is 45.2 Å². The van der Waals surface area contributed by atoms with Crippen LogP contribution in [0.1, 0.15) is 113 Å². The first-order chi connectivity index (χ1) is 15.2. The van der Waals surface area contributed by atoms with Crippen molar-refractivity contribution in [2.75, 3.05) is 0 Å². The highest BCUT2D eigenvalue weighted by atomic mass is 16.5. The van der Waals surface area contributed by atoms with Crippen molar-refractivity contribution in [2.45, 2.75) is 130 Å². The van der Waals surface area contributed by atoms with Gasteiger partial charge in [0.2, 0.25) is 0 Å². The highest BCUT2D eigenvalue weighted by molar-refractivity contribution is 5.86. The Morgan fingerprint density at radius 2 is 1.58 bits per heavy atom. The molecule has 1 aliphatic heterocycles. The Kier molecular flexibility index (Phi) is 4.51. The molecule has 6 fully saturated rings. The largest absolute Gasteiger partial charge is 0.388 e. The van der Waals surface area contributed by atoms with Gasteiger partial charge in [-0.05, 0) is 117 Å². The second-order valence-electron chi connectivity index (χ2n) is 15.3. The minimum absolute atomic E-state index is 0.0515. The van der Waals surface area contributed by atoms with Crippen LogP contribution in [0.5, 0.6) is 0 Å². The number of Topliss-reactive ketones (excluding diaryl/α,β-unsaturated/α-hetero) is 1. The van der Waals surface area contributed by atoms with E-state index in [-0.39, 0.29) is 17.6 Å². The molecule has 10 atom stereocenters. The number of ether oxygens (including phenoxy) is 1. The van der Waals surface area contributed by atoms with E-state index < -0.39 is 5.60 Å². The average molecular weight is 457 g/mol. The second kappa shape index (κ2) is 6.47. The summed E-state index contributed by atoms with van der Waals surface area (Å²) in [5.74, 6) is 3.14. The molecule has 0 aromatic carbocycles. The van der Waals surface area contributed by atoms with Crippen LogP contribution in [-0.4, -0.2) is 28.7 Å². The van der Waals surface area contributed by atoms with E-state index in [1.165, 1.54) is 44.9 Å². The van der Waals surface area contributed by atoms with Crippen LogP contribution in [0.15, 0.2) is 0 Å². The number of ketones is 1. The van der Waals surface area contributed by atoms with Gasteiger partial charge in [-0.25, -0.2) is 0 Å². The third-order valence-corrected chi connectivity index (χ3v) is 13.5. The lowest BCUT2D eigenvalue weighted by Gasteiger charge is -2.62. The lowest BCUT2D eigenvalue weighted by atomic mass is 9.42. The minimum atomic E-state index is -0.774. The quantitative estimate of drug-likeness (QED) is 0.486. The smallest absolute Gasteiger partial charge is 0.138 e. The van der Waals surface area contributed by atoms with E-state index >= 15 is 0 Å². The van der Waals surface area contributed by atoms with Crippen molar-refractivity contribution in [1.82, 2.24) is 0 Å². The number of carbonyl (C=O) groups is 1. The summed E-state index contributed by atoms with van der Waals surface area (Å²) in [5, 5.41) is 10.8. The van der Waals surface area contributed by atoms with E-state index in [4.69, 9.17) is 4.74 Å². The highest BCUT2D eigenvalue weighted by Crippen LogP contribution is 2.89. The summed E-state index contributed by atoms with van der Waals surface area (Å²) in [6, 6.07) is 0. The second-order valence-corrected chi connectivity index (χ2v) is 15.3. The highest BCUT2D eigenvalue weighted by Gasteiger charge is 2.83. The summed E-state index contributed by atoms with van der Waals surface area (Å²) in [4.78, 5) is 12.9. The maximum absolute atomic E-state index is 12.9. The van der Waals surface area contributed by atoms with Crippen molar-refractivity contribution in [1.29, 1.82) is 0 Å². The molecule has 3 unspecified atom stereocenters. The number of aliphatic hydroxyl groups is 1. The van der Waals surface area contributed by atoms with E-state index in [2.05, 4.69) is 34.6 Å². The van der Waals surface area contributed by atoms with Gasteiger partial charge < -0.3 is 9.84 Å². The molecule has 33 heavy (non-hydrogen) atoms. The lowest BCUT2D eigenvalue weighted by molar-refractivity contribution is -0.157. The molecule has 6 aliphatic rings. The van der Waals surface area contributed by atoms with E-state index in [1.54, 1.807) is 0 Å². The maximum atomic E-state index is 12.9. The van der Waals surface area contributed by atoms with Gasteiger partial charge >= 0.3 is 0 Å². The molecule has 0 aromatic rings. The van der Waals surface area contributed by atoms with Gasteiger partial charge in [0.25, 0.3) is 0 Å². The molecule has 1 N–H and O–H groups in total. The van der Waals surface area contributed by atoms with E-state index in [9.17, 15) is 9.90 Å². The molecule has 0 bridgehead atoms. The summed E-state index contributed by atoms with van der Waals surface area (Å²) < 4.78 is 6.88. The van der Waals surface area contributed by atoms with Crippen molar-refractivity contribution in [3.63, 3.8) is 0 Å². The van der Waals surface area contributed by atoms with Crippen molar-refractivity contribution < 1.29 is 14.6 Å². The van der Waals surface area contributed by atoms with E-state index in [1.807, 2.05) is 13.8 Å². The van der Waals surface area contributed by atoms with Gasteiger partial charge in [-0.2, -0.15) is 0 Å². The zero-order chi connectivity index (χ0) is 23.8. The molecule has 186 valence electrons. The Labute approximate surface area is 201 Å². The fourth-order valence-corrected chi connectivity index (χ4v) is 11.8. The standard InChI is InChI=1S/C30H48O3/c1-18-8-11-23(26(4,5)32)33-19-16-28(7)21-10-9-20-25(2,3)22(31)12-13-29(20)17-30(21,29)15-14-27(28,6)24(18)19/h18-21,23-24,32H,8-17H2,1-7H3/t18?,19?,20-,21-,23+,24?,27+,28-,29+,30-/m0/s1. The number of fused-ring (bicyclic) bond motifs is 4. The topological polar surface area (TPSA) is 46.5 Å². The third-order valence-electron chi connectivity index (χ3n) is 13.5. The summed E-state index contributed by atoms with van der Waals surface area (Å²) in [5.41, 5.74) is 0.626. The maximum Gasteiger partial charge on any atom is 0.138 e. The van der Waals surface area contributed by atoms with Crippen LogP contribution >= 0.6 is 0 Å². The fraction of sp³-hybridized carbons (Fsp3) is 0.967. The number of rotatable bonds is 1. The third kappa shape index (κ3) is 2.58. The van der Waals surface area contributed by atoms with Crippen molar-refractivity contribution in [3.8, 4) is 0 Å².